The van der Waals surface area contributed by atoms with Crippen molar-refractivity contribution in [1.82, 2.24) is 0 Å². The molecule has 1 aliphatic rings. The second-order valence-electron chi connectivity index (χ2n) is 4.49. The molecule has 2 N–H and O–H groups in total. The Balaban J connectivity index is 1.69. The predicted molar refractivity (Wildman–Crippen MR) is 69.1 cm³/mol. The minimum atomic E-state index is -0.431. The Morgan fingerprint density at radius 2 is 2.53 bits per heavy atom. The van der Waals surface area contributed by atoms with Crippen molar-refractivity contribution < 1.29 is 9.53 Å². The molecule has 0 saturated carbocycles. The second-order valence-corrected chi connectivity index (χ2v) is 5.47. The summed E-state index contributed by atoms with van der Waals surface area (Å²) in [7, 11) is 0. The second kappa shape index (κ2) is 6.28. The average Bonchev–Trinajstić information content (AvgIpc) is 3.00. The van der Waals surface area contributed by atoms with Crippen LogP contribution in [0.3, 0.4) is 0 Å². The van der Waals surface area contributed by atoms with E-state index in [0.717, 1.165) is 37.2 Å². The number of hydrogen-bond donors (Lipinski definition) is 1. The Labute approximate surface area is 106 Å². The van der Waals surface area contributed by atoms with Crippen molar-refractivity contribution in [3.63, 3.8) is 0 Å². The molecule has 4 heteroatoms. The van der Waals surface area contributed by atoms with Crippen LogP contribution in [0, 0.1) is 0 Å². The molecule has 0 spiro atoms. The van der Waals surface area contributed by atoms with Gasteiger partial charge in [0.2, 0.25) is 0 Å². The van der Waals surface area contributed by atoms with Gasteiger partial charge in [0.25, 0.3) is 0 Å². The zero-order chi connectivity index (χ0) is 12.1. The highest BCUT2D eigenvalue weighted by atomic mass is 32.1. The van der Waals surface area contributed by atoms with Crippen LogP contribution in [-0.4, -0.2) is 18.5 Å². The molecular weight excluding hydrogens is 234 g/mol. The van der Waals surface area contributed by atoms with Gasteiger partial charge in [0.15, 0.2) is 5.78 Å². The maximum atomic E-state index is 11.9. The monoisotopic (exact) mass is 253 g/mol. The van der Waals surface area contributed by atoms with Crippen molar-refractivity contribution in [2.75, 3.05) is 6.61 Å². The van der Waals surface area contributed by atoms with E-state index in [1.807, 2.05) is 17.5 Å². The fourth-order valence-corrected chi connectivity index (χ4v) is 2.91. The lowest BCUT2D eigenvalue weighted by molar-refractivity contribution is -0.120. The third-order valence-corrected chi connectivity index (χ3v) is 4.13. The highest BCUT2D eigenvalue weighted by molar-refractivity contribution is 7.10. The van der Waals surface area contributed by atoms with Gasteiger partial charge < -0.3 is 10.5 Å². The summed E-state index contributed by atoms with van der Waals surface area (Å²) in [6.45, 7) is 0.882. The van der Waals surface area contributed by atoms with Gasteiger partial charge in [-0.2, -0.15) is 0 Å². The molecule has 0 aromatic carbocycles. The van der Waals surface area contributed by atoms with Crippen molar-refractivity contribution in [1.29, 1.82) is 0 Å². The van der Waals surface area contributed by atoms with E-state index in [9.17, 15) is 4.79 Å². The number of hydrogen-bond acceptors (Lipinski definition) is 4. The quantitative estimate of drug-likeness (QED) is 0.848. The molecule has 94 valence electrons. The summed E-state index contributed by atoms with van der Waals surface area (Å²) >= 11 is 1.55. The zero-order valence-electron chi connectivity index (χ0n) is 9.93. The van der Waals surface area contributed by atoms with Gasteiger partial charge in [0.05, 0.1) is 12.1 Å². The molecule has 1 saturated heterocycles. The number of Topliss-reactive ketones (excluding diaryl/α,β-unsaturated/α-hetero) is 1. The normalized spacial score (nSPS) is 21.6. The van der Waals surface area contributed by atoms with E-state index in [1.54, 1.807) is 11.3 Å². The minimum absolute atomic E-state index is 0.144. The molecule has 17 heavy (non-hydrogen) atoms. The maximum Gasteiger partial charge on any atom is 0.154 e. The lowest BCUT2D eigenvalue weighted by Crippen LogP contribution is -2.20. The number of thiophene rings is 1. The molecule has 2 heterocycles. The summed E-state index contributed by atoms with van der Waals surface area (Å²) in [6, 6.07) is 3.42. The van der Waals surface area contributed by atoms with Crippen molar-refractivity contribution in [2.45, 2.75) is 44.2 Å². The standard InChI is InChI=1S/C13H19NO2S/c14-13(12-7-3-9-17-12)11(15)6-1-4-10-5-2-8-16-10/h3,7,9-10,13H,1-2,4-6,8,14H2. The van der Waals surface area contributed by atoms with E-state index >= 15 is 0 Å². The molecule has 1 fully saturated rings. The van der Waals surface area contributed by atoms with Crippen LogP contribution in [0.2, 0.25) is 0 Å². The molecule has 0 aliphatic carbocycles. The summed E-state index contributed by atoms with van der Waals surface area (Å²) in [6.07, 6.45) is 5.13. The van der Waals surface area contributed by atoms with Crippen molar-refractivity contribution in [3.8, 4) is 0 Å². The Morgan fingerprint density at radius 1 is 1.65 bits per heavy atom. The van der Waals surface area contributed by atoms with Gasteiger partial charge >= 0.3 is 0 Å². The van der Waals surface area contributed by atoms with E-state index in [4.69, 9.17) is 10.5 Å². The summed E-state index contributed by atoms with van der Waals surface area (Å²) in [4.78, 5) is 12.8. The van der Waals surface area contributed by atoms with Crippen LogP contribution in [-0.2, 0) is 9.53 Å². The molecule has 2 atom stereocenters. The van der Waals surface area contributed by atoms with Crippen LogP contribution in [0.4, 0.5) is 0 Å². The fourth-order valence-electron chi connectivity index (χ4n) is 2.16. The van der Waals surface area contributed by atoms with Gasteiger partial charge in [0.1, 0.15) is 0 Å². The first-order valence-corrected chi connectivity index (χ1v) is 7.08. The summed E-state index contributed by atoms with van der Waals surface area (Å²) in [5.41, 5.74) is 5.91. The summed E-state index contributed by atoms with van der Waals surface area (Å²) in [5.74, 6) is 0.144. The number of rotatable bonds is 6. The van der Waals surface area contributed by atoms with Crippen molar-refractivity contribution in [3.05, 3.63) is 22.4 Å². The maximum absolute atomic E-state index is 11.9. The van der Waals surface area contributed by atoms with Gasteiger partial charge in [-0.1, -0.05) is 6.07 Å². The van der Waals surface area contributed by atoms with E-state index < -0.39 is 6.04 Å². The molecule has 1 aliphatic heterocycles. The first-order chi connectivity index (χ1) is 8.27. The molecule has 2 unspecified atom stereocenters. The van der Waals surface area contributed by atoms with Gasteiger partial charge in [-0.25, -0.2) is 0 Å². The topological polar surface area (TPSA) is 52.3 Å². The van der Waals surface area contributed by atoms with Crippen LogP contribution in [0.5, 0.6) is 0 Å². The number of nitrogens with two attached hydrogens (primary N) is 1. The molecule has 2 rings (SSSR count). The van der Waals surface area contributed by atoms with E-state index in [1.165, 1.54) is 0 Å². The summed E-state index contributed by atoms with van der Waals surface area (Å²) in [5, 5.41) is 1.95. The van der Waals surface area contributed by atoms with Gasteiger partial charge in [-0.15, -0.1) is 11.3 Å². The third-order valence-electron chi connectivity index (χ3n) is 3.17. The smallest absolute Gasteiger partial charge is 0.154 e. The van der Waals surface area contributed by atoms with Gasteiger partial charge in [0, 0.05) is 17.9 Å². The lowest BCUT2D eigenvalue weighted by atomic mass is 10.0. The molecular formula is C13H19NO2S. The molecule has 1 aromatic rings. The van der Waals surface area contributed by atoms with Crippen LogP contribution >= 0.6 is 11.3 Å². The first-order valence-electron chi connectivity index (χ1n) is 6.20. The highest BCUT2D eigenvalue weighted by Gasteiger charge is 2.19. The van der Waals surface area contributed by atoms with E-state index in [0.29, 0.717) is 12.5 Å². The van der Waals surface area contributed by atoms with Crippen molar-refractivity contribution in [2.24, 2.45) is 5.73 Å². The summed E-state index contributed by atoms with van der Waals surface area (Å²) < 4.78 is 5.53. The van der Waals surface area contributed by atoms with Crippen LogP contribution in [0.15, 0.2) is 17.5 Å². The first kappa shape index (κ1) is 12.7. The molecule has 0 radical (unpaired) electrons. The SMILES string of the molecule is NC(C(=O)CCCC1CCCO1)c1cccs1. The van der Waals surface area contributed by atoms with Gasteiger partial charge in [-0.05, 0) is 37.1 Å². The number of carbonyl (C=O) groups is 1. The minimum Gasteiger partial charge on any atom is -0.378 e. The Hall–Kier alpha value is -0.710. The van der Waals surface area contributed by atoms with Crippen LogP contribution in [0.1, 0.15) is 43.0 Å². The van der Waals surface area contributed by atoms with Crippen molar-refractivity contribution >= 4 is 17.1 Å². The van der Waals surface area contributed by atoms with Crippen LogP contribution in [0.25, 0.3) is 0 Å². The number of ketones is 1. The molecule has 3 nitrogen and oxygen atoms in total. The van der Waals surface area contributed by atoms with Crippen LogP contribution < -0.4 is 5.73 Å². The Kier molecular flexibility index (Phi) is 4.71. The third kappa shape index (κ3) is 3.63. The van der Waals surface area contributed by atoms with Gasteiger partial charge in [-0.3, -0.25) is 4.79 Å². The average molecular weight is 253 g/mol. The Morgan fingerprint density at radius 3 is 3.18 bits per heavy atom. The molecule has 1 aromatic heterocycles. The number of ether oxygens (including phenoxy) is 1. The molecule has 0 amide bonds. The molecule has 0 bridgehead atoms. The Bertz CT molecular complexity index is 344. The largest absolute Gasteiger partial charge is 0.378 e. The van der Waals surface area contributed by atoms with E-state index in [2.05, 4.69) is 0 Å². The zero-order valence-corrected chi connectivity index (χ0v) is 10.7. The number of carbonyl (C=O) groups excluding carboxylic acids is 1. The predicted octanol–water partition coefficient (Wildman–Crippen LogP) is 2.67. The highest BCUT2D eigenvalue weighted by Crippen LogP contribution is 2.21. The van der Waals surface area contributed by atoms with E-state index in [-0.39, 0.29) is 5.78 Å². The lowest BCUT2D eigenvalue weighted by Gasteiger charge is -2.10. The fraction of sp³-hybridized carbons (Fsp3) is 0.615.